The molecule has 0 aromatic carbocycles. The Balaban J connectivity index is 0.000000189. The number of aromatic nitrogens is 6. The fourth-order valence-electron chi connectivity index (χ4n) is 2.70. The van der Waals surface area contributed by atoms with E-state index in [0.717, 1.165) is 0 Å². The van der Waals surface area contributed by atoms with Crippen LogP contribution in [0.5, 0.6) is 0 Å². The molecule has 0 bridgehead atoms. The summed E-state index contributed by atoms with van der Waals surface area (Å²) in [7, 11) is 0. The van der Waals surface area contributed by atoms with Crippen LogP contribution in [0.25, 0.3) is 22.3 Å². The monoisotopic (exact) mass is 622 g/mol. The molecule has 10 nitrogen and oxygen atoms in total. The van der Waals surface area contributed by atoms with Gasteiger partial charge in [-0.3, -0.25) is 0 Å². The minimum absolute atomic E-state index is 0.160. The van der Waals surface area contributed by atoms with Crippen LogP contribution in [0, 0.1) is 0 Å². The average molecular weight is 625 g/mol. The third kappa shape index (κ3) is 5.81. The van der Waals surface area contributed by atoms with Crippen LogP contribution in [-0.4, -0.2) is 51.0 Å². The predicted molar refractivity (Wildman–Crippen MR) is 130 cm³/mol. The summed E-state index contributed by atoms with van der Waals surface area (Å²) < 4.78 is 8.87. The Hall–Kier alpha value is -1.83. The van der Waals surface area contributed by atoms with E-state index >= 15 is 0 Å². The molecule has 33 heavy (non-hydrogen) atoms. The van der Waals surface area contributed by atoms with Crippen molar-refractivity contribution >= 4 is 83.5 Å². The molecule has 0 saturated carbocycles. The predicted octanol–water partition coefficient (Wildman–Crippen LogP) is 4.92. The lowest BCUT2D eigenvalue weighted by atomic mass is 10.2. The maximum absolute atomic E-state index is 11.9. The van der Waals surface area contributed by atoms with Crippen LogP contribution in [-0.2, 0) is 18.1 Å². The summed E-state index contributed by atoms with van der Waals surface area (Å²) in [6.45, 7) is 5.00. The summed E-state index contributed by atoms with van der Waals surface area (Å²) >= 11 is 18.0. The summed E-state index contributed by atoms with van der Waals surface area (Å²) in [5.74, 6) is 0. The Bertz CT molecular complexity index is 1290. The molecule has 0 unspecified atom stereocenters. The first-order chi connectivity index (χ1) is 15.4. The van der Waals surface area contributed by atoms with Gasteiger partial charge in [-0.1, -0.05) is 23.2 Å². The van der Waals surface area contributed by atoms with Crippen molar-refractivity contribution in [3.63, 3.8) is 0 Å². The van der Waals surface area contributed by atoms with E-state index in [1.165, 1.54) is 9.13 Å². The topological polar surface area (TPSA) is 128 Å². The van der Waals surface area contributed by atoms with Gasteiger partial charge in [-0.15, -0.1) is 0 Å². The van der Waals surface area contributed by atoms with Gasteiger partial charge in [0.25, 0.3) is 0 Å². The standard InChI is InChI=1S/C11H11BrClN3O2.C8H7BrClN3O2/c1-11(2,3)18-10(17)16-5-4-6-9(16)15-8(13)7(12)14-6;9-6-7(10)12-8-5(11-6)4(2-14)1-13(8)3-15/h4-5H,1-3H3;1,14-15H,2-3H2. The fraction of sp³-hybridized carbons (Fsp3) is 0.316. The Morgan fingerprint density at radius 1 is 1.06 bits per heavy atom. The van der Waals surface area contributed by atoms with Gasteiger partial charge in [0.1, 0.15) is 32.6 Å². The van der Waals surface area contributed by atoms with Crippen LogP contribution in [0.2, 0.25) is 10.3 Å². The van der Waals surface area contributed by atoms with Crippen LogP contribution >= 0.6 is 55.1 Å². The molecular formula is C19H18Br2Cl2N6O4. The van der Waals surface area contributed by atoms with Gasteiger partial charge in [-0.05, 0) is 58.7 Å². The van der Waals surface area contributed by atoms with Gasteiger partial charge in [0, 0.05) is 18.0 Å². The van der Waals surface area contributed by atoms with Gasteiger partial charge in [0.2, 0.25) is 0 Å². The molecule has 0 aliphatic rings. The zero-order valence-electron chi connectivity index (χ0n) is 17.6. The van der Waals surface area contributed by atoms with Crippen LogP contribution in [0.3, 0.4) is 0 Å². The Labute approximate surface area is 214 Å². The highest BCUT2D eigenvalue weighted by Gasteiger charge is 2.20. The molecule has 4 rings (SSSR count). The van der Waals surface area contributed by atoms with Crippen molar-refractivity contribution in [3.05, 3.63) is 43.5 Å². The second kappa shape index (κ2) is 10.2. The van der Waals surface area contributed by atoms with Gasteiger partial charge in [0.15, 0.2) is 21.6 Å². The van der Waals surface area contributed by atoms with Crippen molar-refractivity contribution in [1.29, 1.82) is 0 Å². The van der Waals surface area contributed by atoms with Crippen molar-refractivity contribution in [3.8, 4) is 0 Å². The summed E-state index contributed by atoms with van der Waals surface area (Å²) in [4.78, 5) is 28.4. The maximum atomic E-state index is 11.9. The molecule has 0 spiro atoms. The molecule has 14 heteroatoms. The molecule has 2 N–H and O–H groups in total. The van der Waals surface area contributed by atoms with Crippen LogP contribution in [0.15, 0.2) is 27.7 Å². The first-order valence-electron chi connectivity index (χ1n) is 9.31. The second-order valence-corrected chi connectivity index (χ2v) is 9.80. The summed E-state index contributed by atoms with van der Waals surface area (Å²) in [5, 5.41) is 18.6. The van der Waals surface area contributed by atoms with Gasteiger partial charge >= 0.3 is 6.09 Å². The second-order valence-electron chi connectivity index (χ2n) is 7.58. The number of rotatable bonds is 2. The summed E-state index contributed by atoms with van der Waals surface area (Å²) in [5.41, 5.74) is 1.95. The number of hydrogen-bond acceptors (Lipinski definition) is 8. The molecule has 0 aliphatic heterocycles. The van der Waals surface area contributed by atoms with Crippen molar-refractivity contribution in [2.24, 2.45) is 0 Å². The average Bonchev–Trinajstić information content (AvgIpc) is 3.28. The van der Waals surface area contributed by atoms with E-state index in [-0.39, 0.29) is 23.6 Å². The van der Waals surface area contributed by atoms with Gasteiger partial charge in [-0.25, -0.2) is 29.3 Å². The van der Waals surface area contributed by atoms with E-state index in [1.807, 2.05) is 0 Å². The lowest BCUT2D eigenvalue weighted by molar-refractivity contribution is 0.0543. The molecule has 0 fully saturated rings. The van der Waals surface area contributed by atoms with Gasteiger partial charge < -0.3 is 19.5 Å². The number of aliphatic hydroxyl groups excluding tert-OH is 2. The van der Waals surface area contributed by atoms with Crippen LogP contribution < -0.4 is 0 Å². The third-order valence-electron chi connectivity index (χ3n) is 4.03. The molecule has 0 saturated heterocycles. The van der Waals surface area contributed by atoms with Crippen molar-refractivity contribution in [2.75, 3.05) is 0 Å². The molecule has 4 aromatic heterocycles. The Morgan fingerprint density at radius 2 is 1.67 bits per heavy atom. The highest BCUT2D eigenvalue weighted by molar-refractivity contribution is 9.10. The first-order valence-corrected chi connectivity index (χ1v) is 11.6. The van der Waals surface area contributed by atoms with Gasteiger partial charge in [-0.2, -0.15) is 0 Å². The van der Waals surface area contributed by atoms with Crippen molar-refractivity contribution < 1.29 is 19.7 Å². The zero-order valence-corrected chi connectivity index (χ0v) is 22.2. The molecule has 0 radical (unpaired) electrons. The number of nitrogens with zero attached hydrogens (tertiary/aromatic N) is 6. The summed E-state index contributed by atoms with van der Waals surface area (Å²) in [6, 6.07) is 1.67. The first kappa shape index (κ1) is 25.8. The molecule has 0 amide bonds. The van der Waals surface area contributed by atoms with Crippen LogP contribution in [0.1, 0.15) is 26.3 Å². The number of carbonyl (C=O) groups is 1. The molecule has 4 aromatic rings. The SMILES string of the molecule is CC(C)(C)OC(=O)n1ccc2nc(Br)c(Cl)nc21.OCc1cn(CO)c2nc(Cl)c(Br)nc12. The minimum atomic E-state index is -0.569. The number of aliphatic hydroxyl groups is 2. The summed E-state index contributed by atoms with van der Waals surface area (Å²) in [6.07, 6.45) is 2.64. The largest absolute Gasteiger partial charge is 0.443 e. The molecular weight excluding hydrogens is 607 g/mol. The lowest BCUT2D eigenvalue weighted by Crippen LogP contribution is -2.26. The van der Waals surface area contributed by atoms with E-state index < -0.39 is 11.7 Å². The quantitative estimate of drug-likeness (QED) is 0.322. The number of ether oxygens (including phenoxy) is 1. The minimum Gasteiger partial charge on any atom is -0.443 e. The highest BCUT2D eigenvalue weighted by atomic mass is 79.9. The fourth-order valence-corrected chi connectivity index (χ4v) is 3.49. The molecule has 176 valence electrons. The molecule has 0 atom stereocenters. The third-order valence-corrected chi connectivity index (χ3v) is 6.12. The van der Waals surface area contributed by atoms with E-state index in [0.29, 0.717) is 37.1 Å². The van der Waals surface area contributed by atoms with E-state index in [4.69, 9.17) is 38.2 Å². The van der Waals surface area contributed by atoms with E-state index in [2.05, 4.69) is 51.8 Å². The maximum Gasteiger partial charge on any atom is 0.420 e. The number of carbonyl (C=O) groups excluding carboxylic acids is 1. The molecule has 4 heterocycles. The van der Waals surface area contributed by atoms with Gasteiger partial charge in [0.05, 0.1) is 6.61 Å². The van der Waals surface area contributed by atoms with Crippen molar-refractivity contribution in [2.45, 2.75) is 39.7 Å². The normalized spacial score (nSPS) is 11.5. The lowest BCUT2D eigenvalue weighted by Gasteiger charge is -2.19. The Kier molecular flexibility index (Phi) is 7.97. The van der Waals surface area contributed by atoms with E-state index in [1.54, 1.807) is 39.2 Å². The number of hydrogen-bond donors (Lipinski definition) is 2. The number of fused-ring (bicyclic) bond motifs is 2. The Morgan fingerprint density at radius 3 is 2.24 bits per heavy atom. The zero-order chi connectivity index (χ0) is 24.5. The van der Waals surface area contributed by atoms with Crippen molar-refractivity contribution in [1.82, 2.24) is 29.1 Å². The molecule has 0 aliphatic carbocycles. The smallest absolute Gasteiger partial charge is 0.420 e. The van der Waals surface area contributed by atoms with E-state index in [9.17, 15) is 4.79 Å². The van der Waals surface area contributed by atoms with Crippen LogP contribution in [0.4, 0.5) is 4.79 Å². The number of halogens is 4. The highest BCUT2D eigenvalue weighted by Crippen LogP contribution is 2.25.